The lowest BCUT2D eigenvalue weighted by Gasteiger charge is -2.26. The lowest BCUT2D eigenvalue weighted by Crippen LogP contribution is -2.32. The van der Waals surface area contributed by atoms with Gasteiger partial charge in [-0.25, -0.2) is 0 Å². The van der Waals surface area contributed by atoms with E-state index in [-0.39, 0.29) is 6.42 Å². The van der Waals surface area contributed by atoms with E-state index in [0.717, 1.165) is 12.1 Å². The molecule has 0 heterocycles. The largest absolute Gasteiger partial charge is 0.481 e. The molecule has 1 aromatic rings. The van der Waals surface area contributed by atoms with Crippen molar-refractivity contribution in [3.8, 4) is 0 Å². The molecule has 0 fully saturated rings. The molecule has 0 saturated heterocycles. The first-order chi connectivity index (χ1) is 9.04. The average Bonchev–Trinajstić information content (AvgIpc) is 2.36. The number of benzene rings is 1. The predicted molar refractivity (Wildman–Crippen MR) is 75.0 cm³/mol. The minimum atomic E-state index is -0.754. The van der Waals surface area contributed by atoms with Crippen LogP contribution in [0.1, 0.15) is 31.4 Å². The second-order valence-electron chi connectivity index (χ2n) is 4.91. The molecule has 19 heavy (non-hydrogen) atoms. The molecule has 1 aromatic carbocycles. The summed E-state index contributed by atoms with van der Waals surface area (Å²) in [7, 11) is 1.68. The number of methoxy groups -OCH3 is 1. The highest BCUT2D eigenvalue weighted by Crippen LogP contribution is 2.15. The molecule has 106 valence electrons. The molecule has 4 heteroatoms. The van der Waals surface area contributed by atoms with Crippen LogP contribution in [0.5, 0.6) is 0 Å². The van der Waals surface area contributed by atoms with Gasteiger partial charge < -0.3 is 9.84 Å². The van der Waals surface area contributed by atoms with Crippen LogP contribution in [0.25, 0.3) is 0 Å². The molecule has 0 aliphatic carbocycles. The van der Waals surface area contributed by atoms with Crippen LogP contribution in [-0.2, 0) is 22.7 Å². The van der Waals surface area contributed by atoms with E-state index in [1.54, 1.807) is 7.11 Å². The third-order valence-electron chi connectivity index (χ3n) is 3.13. The number of hydrogen-bond donors (Lipinski definition) is 1. The van der Waals surface area contributed by atoms with Crippen molar-refractivity contribution in [2.45, 2.75) is 39.5 Å². The van der Waals surface area contributed by atoms with Crippen molar-refractivity contribution in [2.75, 3.05) is 13.7 Å². The van der Waals surface area contributed by atoms with Gasteiger partial charge >= 0.3 is 5.97 Å². The number of carbonyl (C=O) groups is 1. The number of carboxylic acid groups (broad SMARTS) is 1. The summed E-state index contributed by atoms with van der Waals surface area (Å²) in [5, 5.41) is 8.80. The summed E-state index contributed by atoms with van der Waals surface area (Å²) in [6.45, 7) is 6.07. The minimum Gasteiger partial charge on any atom is -0.481 e. The summed E-state index contributed by atoms with van der Waals surface area (Å²) < 4.78 is 5.20. The molecule has 1 rings (SSSR count). The van der Waals surface area contributed by atoms with Crippen LogP contribution in [0.15, 0.2) is 24.3 Å². The molecule has 1 N–H and O–H groups in total. The van der Waals surface area contributed by atoms with Crippen LogP contribution in [0, 0.1) is 0 Å². The standard InChI is InChI=1S/C15H23NO3/c1-12(2)16(9-8-15(17)18)10-13-6-4-5-7-14(13)11-19-3/h4-7,12H,8-11H2,1-3H3,(H,17,18). The van der Waals surface area contributed by atoms with Gasteiger partial charge in [0.1, 0.15) is 0 Å². The molecule has 0 unspecified atom stereocenters. The maximum Gasteiger partial charge on any atom is 0.304 e. The Bertz CT molecular complexity index is 404. The fourth-order valence-electron chi connectivity index (χ4n) is 1.99. The summed E-state index contributed by atoms with van der Waals surface area (Å²) in [6, 6.07) is 8.44. The van der Waals surface area contributed by atoms with Gasteiger partial charge in [-0.3, -0.25) is 9.69 Å². The summed E-state index contributed by atoms with van der Waals surface area (Å²) in [5.41, 5.74) is 2.36. The SMILES string of the molecule is COCc1ccccc1CN(CCC(=O)O)C(C)C. The van der Waals surface area contributed by atoms with E-state index in [1.807, 2.05) is 12.1 Å². The average molecular weight is 265 g/mol. The quantitative estimate of drug-likeness (QED) is 0.784. The van der Waals surface area contributed by atoms with E-state index >= 15 is 0 Å². The minimum absolute atomic E-state index is 0.171. The van der Waals surface area contributed by atoms with Crippen molar-refractivity contribution in [2.24, 2.45) is 0 Å². The van der Waals surface area contributed by atoms with E-state index < -0.39 is 5.97 Å². The van der Waals surface area contributed by atoms with Gasteiger partial charge in [0.15, 0.2) is 0 Å². The fraction of sp³-hybridized carbons (Fsp3) is 0.533. The zero-order valence-electron chi connectivity index (χ0n) is 11.9. The first kappa shape index (κ1) is 15.7. The monoisotopic (exact) mass is 265 g/mol. The van der Waals surface area contributed by atoms with Crippen molar-refractivity contribution in [3.63, 3.8) is 0 Å². The van der Waals surface area contributed by atoms with E-state index in [0.29, 0.717) is 19.2 Å². The maximum absolute atomic E-state index is 10.7. The van der Waals surface area contributed by atoms with Gasteiger partial charge in [0.25, 0.3) is 0 Å². The Balaban J connectivity index is 2.75. The number of carboxylic acids is 1. The van der Waals surface area contributed by atoms with Gasteiger partial charge in [-0.1, -0.05) is 24.3 Å². The van der Waals surface area contributed by atoms with Crippen LogP contribution < -0.4 is 0 Å². The van der Waals surface area contributed by atoms with Gasteiger partial charge in [0.05, 0.1) is 13.0 Å². The molecule has 0 aliphatic rings. The van der Waals surface area contributed by atoms with Crippen LogP contribution in [0.4, 0.5) is 0 Å². The highest BCUT2D eigenvalue weighted by molar-refractivity contribution is 5.66. The molecule has 0 bridgehead atoms. The van der Waals surface area contributed by atoms with Crippen molar-refractivity contribution >= 4 is 5.97 Å². The summed E-state index contributed by atoms with van der Waals surface area (Å²) in [4.78, 5) is 12.9. The highest BCUT2D eigenvalue weighted by Gasteiger charge is 2.13. The highest BCUT2D eigenvalue weighted by atomic mass is 16.5. The summed E-state index contributed by atoms with van der Waals surface area (Å²) in [6.07, 6.45) is 0.171. The van der Waals surface area contributed by atoms with E-state index in [1.165, 1.54) is 5.56 Å². The van der Waals surface area contributed by atoms with Gasteiger partial charge in [-0.15, -0.1) is 0 Å². The van der Waals surface area contributed by atoms with Crippen LogP contribution in [0.3, 0.4) is 0 Å². The fourth-order valence-corrected chi connectivity index (χ4v) is 1.99. The van der Waals surface area contributed by atoms with E-state index in [9.17, 15) is 4.79 Å². The summed E-state index contributed by atoms with van der Waals surface area (Å²) >= 11 is 0. The molecule has 0 atom stereocenters. The van der Waals surface area contributed by atoms with E-state index in [4.69, 9.17) is 9.84 Å². The van der Waals surface area contributed by atoms with Crippen molar-refractivity contribution in [3.05, 3.63) is 35.4 Å². The smallest absolute Gasteiger partial charge is 0.304 e. The van der Waals surface area contributed by atoms with Gasteiger partial charge in [0, 0.05) is 26.2 Å². The van der Waals surface area contributed by atoms with Crippen molar-refractivity contribution in [1.29, 1.82) is 0 Å². The Morgan fingerprint density at radius 1 is 1.32 bits per heavy atom. The third kappa shape index (κ3) is 5.41. The first-order valence-electron chi connectivity index (χ1n) is 6.56. The number of aliphatic carboxylic acids is 1. The molecule has 0 saturated carbocycles. The Hall–Kier alpha value is -1.39. The normalized spacial score (nSPS) is 11.2. The van der Waals surface area contributed by atoms with Crippen LogP contribution >= 0.6 is 0 Å². The molecule has 0 amide bonds. The Morgan fingerprint density at radius 2 is 1.95 bits per heavy atom. The maximum atomic E-state index is 10.7. The zero-order valence-corrected chi connectivity index (χ0v) is 11.9. The number of hydrogen-bond acceptors (Lipinski definition) is 3. The van der Waals surface area contributed by atoms with Crippen molar-refractivity contribution < 1.29 is 14.6 Å². The Labute approximate surface area is 115 Å². The lowest BCUT2D eigenvalue weighted by atomic mass is 10.1. The van der Waals surface area contributed by atoms with Crippen LogP contribution in [-0.4, -0.2) is 35.7 Å². The second-order valence-corrected chi connectivity index (χ2v) is 4.91. The molecule has 4 nitrogen and oxygen atoms in total. The number of ether oxygens (including phenoxy) is 1. The van der Waals surface area contributed by atoms with Gasteiger partial charge in [-0.2, -0.15) is 0 Å². The van der Waals surface area contributed by atoms with Crippen molar-refractivity contribution in [1.82, 2.24) is 4.90 Å². The van der Waals surface area contributed by atoms with Crippen LogP contribution in [0.2, 0.25) is 0 Å². The molecule has 0 aromatic heterocycles. The molecular weight excluding hydrogens is 242 g/mol. The first-order valence-corrected chi connectivity index (χ1v) is 6.56. The third-order valence-corrected chi connectivity index (χ3v) is 3.13. The molecule has 0 aliphatic heterocycles. The zero-order chi connectivity index (χ0) is 14.3. The van der Waals surface area contributed by atoms with Gasteiger partial charge in [0.2, 0.25) is 0 Å². The second kappa shape index (κ2) is 7.92. The Morgan fingerprint density at radius 3 is 2.47 bits per heavy atom. The number of nitrogens with zero attached hydrogens (tertiary/aromatic N) is 1. The number of rotatable bonds is 8. The predicted octanol–water partition coefficient (Wildman–Crippen LogP) is 2.52. The van der Waals surface area contributed by atoms with Gasteiger partial charge in [-0.05, 0) is 25.0 Å². The molecular formula is C15H23NO3. The topological polar surface area (TPSA) is 49.8 Å². The summed E-state index contributed by atoms with van der Waals surface area (Å²) in [5.74, 6) is -0.754. The lowest BCUT2D eigenvalue weighted by molar-refractivity contribution is -0.137. The molecule has 0 spiro atoms. The molecule has 0 radical (unpaired) electrons. The Kier molecular flexibility index (Phi) is 6.53. The van der Waals surface area contributed by atoms with E-state index in [2.05, 4.69) is 30.9 Å².